The van der Waals surface area contributed by atoms with Crippen molar-refractivity contribution in [3.63, 3.8) is 0 Å². The third-order valence-electron chi connectivity index (χ3n) is 6.18. The Kier molecular flexibility index (Phi) is 2.75. The van der Waals surface area contributed by atoms with Gasteiger partial charge in [0.15, 0.2) is 11.9 Å². The molecule has 0 aliphatic heterocycles. The average Bonchev–Trinajstić information content (AvgIpc) is 3.04. The Hall–Kier alpha value is -3.64. The van der Waals surface area contributed by atoms with Crippen LogP contribution in [0.1, 0.15) is 11.1 Å². The molecule has 3 heteroatoms. The topological polar surface area (TPSA) is 12.7 Å². The van der Waals surface area contributed by atoms with Crippen molar-refractivity contribution < 1.29 is 4.57 Å². The molecule has 0 bridgehead atoms. The van der Waals surface area contributed by atoms with Crippen LogP contribution in [0.2, 0.25) is 0 Å². The number of fused-ring (bicyclic) bond motifs is 5. The highest BCUT2D eigenvalue weighted by Crippen LogP contribution is 2.42. The van der Waals surface area contributed by atoms with Gasteiger partial charge in [-0.05, 0) is 48.6 Å². The van der Waals surface area contributed by atoms with Gasteiger partial charge in [-0.1, -0.05) is 24.3 Å². The first-order valence-corrected chi connectivity index (χ1v) is 9.48. The smallest absolute Gasteiger partial charge is 0.224 e. The number of benzene rings is 3. The molecule has 6 aromatic rings. The SMILES string of the molecule is [C-]#[N+]c1cc2cc[n+](C)c3c4c(C)ccc5c6c(C)cccc6n(c(c1)c23)c54. The van der Waals surface area contributed by atoms with Gasteiger partial charge < -0.3 is 4.40 Å². The summed E-state index contributed by atoms with van der Waals surface area (Å²) in [5.41, 5.74) is 8.05. The zero-order valence-electron chi connectivity index (χ0n) is 16.0. The highest BCUT2D eigenvalue weighted by molar-refractivity contribution is 6.26. The van der Waals surface area contributed by atoms with Gasteiger partial charge in [0.1, 0.15) is 7.05 Å². The van der Waals surface area contributed by atoms with E-state index < -0.39 is 0 Å². The van der Waals surface area contributed by atoms with Crippen LogP contribution in [0.15, 0.2) is 54.7 Å². The van der Waals surface area contributed by atoms with E-state index in [9.17, 15) is 0 Å². The molecular formula is C25H18N3+. The summed E-state index contributed by atoms with van der Waals surface area (Å²) in [4.78, 5) is 3.75. The van der Waals surface area contributed by atoms with Gasteiger partial charge in [0.2, 0.25) is 5.52 Å². The van der Waals surface area contributed by atoms with Crippen LogP contribution in [0.3, 0.4) is 0 Å². The summed E-state index contributed by atoms with van der Waals surface area (Å²) in [6.45, 7) is 12.0. The summed E-state index contributed by atoms with van der Waals surface area (Å²) in [6, 6.07) is 17.2. The second-order valence-electron chi connectivity index (χ2n) is 7.77. The van der Waals surface area contributed by atoms with Gasteiger partial charge in [-0.2, -0.15) is 0 Å². The minimum Gasteiger partial charge on any atom is -0.309 e. The molecule has 3 aromatic heterocycles. The molecule has 3 nitrogen and oxygen atoms in total. The molecule has 0 atom stereocenters. The predicted molar refractivity (Wildman–Crippen MR) is 116 cm³/mol. The maximum absolute atomic E-state index is 7.60. The Bertz CT molecular complexity index is 1640. The highest BCUT2D eigenvalue weighted by atomic mass is 15.0. The lowest BCUT2D eigenvalue weighted by Crippen LogP contribution is -2.28. The zero-order valence-corrected chi connectivity index (χ0v) is 16.0. The van der Waals surface area contributed by atoms with Gasteiger partial charge >= 0.3 is 0 Å². The minimum atomic E-state index is 0.682. The lowest BCUT2D eigenvalue weighted by atomic mass is 9.99. The molecule has 0 fully saturated rings. The Labute approximate surface area is 162 Å². The van der Waals surface area contributed by atoms with Crippen molar-refractivity contribution >= 4 is 54.7 Å². The van der Waals surface area contributed by atoms with Gasteiger partial charge in [0.25, 0.3) is 0 Å². The van der Waals surface area contributed by atoms with Crippen molar-refractivity contribution in [2.24, 2.45) is 7.05 Å². The Balaban J connectivity index is 2.15. The van der Waals surface area contributed by atoms with Crippen LogP contribution in [-0.2, 0) is 7.05 Å². The first kappa shape index (κ1) is 15.4. The third-order valence-corrected chi connectivity index (χ3v) is 6.18. The molecule has 0 saturated carbocycles. The summed E-state index contributed by atoms with van der Waals surface area (Å²) in [5.74, 6) is 0. The van der Waals surface area contributed by atoms with E-state index in [-0.39, 0.29) is 0 Å². The van der Waals surface area contributed by atoms with Gasteiger partial charge in [0.05, 0.1) is 33.9 Å². The monoisotopic (exact) mass is 360 g/mol. The third kappa shape index (κ3) is 1.66. The van der Waals surface area contributed by atoms with Crippen molar-refractivity contribution in [3.05, 3.63) is 77.3 Å². The first-order chi connectivity index (χ1) is 13.6. The molecular weight excluding hydrogens is 342 g/mol. The summed E-state index contributed by atoms with van der Waals surface area (Å²) >= 11 is 0. The molecule has 3 heterocycles. The van der Waals surface area contributed by atoms with Crippen LogP contribution in [-0.4, -0.2) is 4.40 Å². The molecule has 132 valence electrons. The number of aromatic nitrogens is 2. The number of nitrogens with zero attached hydrogens (tertiary/aromatic N) is 3. The molecule has 0 radical (unpaired) electrons. The average molecular weight is 360 g/mol. The molecule has 0 aliphatic rings. The summed E-state index contributed by atoms with van der Waals surface area (Å²) in [5, 5.41) is 6.22. The number of hydrogen-bond acceptors (Lipinski definition) is 0. The van der Waals surface area contributed by atoms with E-state index in [1.165, 1.54) is 49.2 Å². The quantitative estimate of drug-likeness (QED) is 0.137. The number of aryl methyl sites for hydroxylation is 3. The summed E-state index contributed by atoms with van der Waals surface area (Å²) < 4.78 is 4.60. The van der Waals surface area contributed by atoms with Crippen LogP contribution >= 0.6 is 0 Å². The molecule has 3 aromatic carbocycles. The molecule has 0 unspecified atom stereocenters. The Morgan fingerprint density at radius 3 is 2.54 bits per heavy atom. The van der Waals surface area contributed by atoms with E-state index >= 15 is 0 Å². The maximum atomic E-state index is 7.60. The van der Waals surface area contributed by atoms with Crippen molar-refractivity contribution in [1.82, 2.24) is 4.40 Å². The van der Waals surface area contributed by atoms with Crippen molar-refractivity contribution in [2.45, 2.75) is 13.8 Å². The van der Waals surface area contributed by atoms with Crippen LogP contribution in [0.5, 0.6) is 0 Å². The fraction of sp³-hybridized carbons (Fsp3) is 0.120. The van der Waals surface area contributed by atoms with Crippen molar-refractivity contribution in [3.8, 4) is 0 Å². The number of hydrogen-bond donors (Lipinski definition) is 0. The molecule has 0 spiro atoms. The molecule has 0 aliphatic carbocycles. The van der Waals surface area contributed by atoms with Gasteiger partial charge in [-0.25, -0.2) is 9.41 Å². The Morgan fingerprint density at radius 1 is 0.893 bits per heavy atom. The van der Waals surface area contributed by atoms with Crippen LogP contribution in [0, 0.1) is 20.4 Å². The van der Waals surface area contributed by atoms with E-state index in [0.29, 0.717) is 5.69 Å². The molecule has 0 N–H and O–H groups in total. The van der Waals surface area contributed by atoms with Crippen molar-refractivity contribution in [1.29, 1.82) is 0 Å². The Morgan fingerprint density at radius 2 is 1.71 bits per heavy atom. The molecule has 0 saturated heterocycles. The van der Waals surface area contributed by atoms with Crippen LogP contribution in [0.4, 0.5) is 5.69 Å². The lowest BCUT2D eigenvalue weighted by Gasteiger charge is -2.13. The van der Waals surface area contributed by atoms with Gasteiger partial charge in [-0.15, -0.1) is 0 Å². The van der Waals surface area contributed by atoms with E-state index in [1.54, 1.807) is 0 Å². The van der Waals surface area contributed by atoms with E-state index in [4.69, 9.17) is 6.57 Å². The fourth-order valence-electron chi connectivity index (χ4n) is 4.99. The standard InChI is InChI=1S/C25H18N3/c1-14-6-5-7-19-21(14)18-9-8-15(2)22-24(18)28(19)20-13-17(26-3)12-16-10-11-27(4)25(22)23(16)20/h5-13H,1-2,4H3/q+1. The molecule has 0 amide bonds. The minimum absolute atomic E-state index is 0.682. The molecule has 6 rings (SSSR count). The second-order valence-corrected chi connectivity index (χ2v) is 7.77. The highest BCUT2D eigenvalue weighted by Gasteiger charge is 2.24. The number of rotatable bonds is 0. The fourth-order valence-corrected chi connectivity index (χ4v) is 4.99. The van der Waals surface area contributed by atoms with Crippen LogP contribution < -0.4 is 4.57 Å². The zero-order chi connectivity index (χ0) is 19.2. The van der Waals surface area contributed by atoms with Gasteiger partial charge in [-0.3, -0.25) is 0 Å². The summed E-state index contributed by atoms with van der Waals surface area (Å²) in [6.07, 6.45) is 2.11. The van der Waals surface area contributed by atoms with Crippen molar-refractivity contribution in [2.75, 3.05) is 0 Å². The van der Waals surface area contributed by atoms with E-state index in [2.05, 4.69) is 77.3 Å². The largest absolute Gasteiger partial charge is 0.309 e. The lowest BCUT2D eigenvalue weighted by molar-refractivity contribution is -0.643. The van der Waals surface area contributed by atoms with Crippen LogP contribution in [0.25, 0.3) is 53.8 Å². The first-order valence-electron chi connectivity index (χ1n) is 9.48. The van der Waals surface area contributed by atoms with Gasteiger partial charge in [0, 0.05) is 16.8 Å². The molecule has 28 heavy (non-hydrogen) atoms. The maximum Gasteiger partial charge on any atom is 0.224 e. The predicted octanol–water partition coefficient (Wildman–Crippen LogP) is 5.98. The summed E-state index contributed by atoms with van der Waals surface area (Å²) in [7, 11) is 2.11. The number of pyridine rings is 2. The second kappa shape index (κ2) is 4.99. The normalized spacial score (nSPS) is 12.1. The van der Waals surface area contributed by atoms with E-state index in [1.807, 2.05) is 12.1 Å². The van der Waals surface area contributed by atoms with E-state index in [0.717, 1.165) is 10.9 Å².